The maximum absolute atomic E-state index is 13.5. The van der Waals surface area contributed by atoms with Crippen LogP contribution >= 0.6 is 0 Å². The number of aromatic nitrogens is 4. The summed E-state index contributed by atoms with van der Waals surface area (Å²) in [5, 5.41) is 2.78. The van der Waals surface area contributed by atoms with Gasteiger partial charge in [-0.25, -0.2) is 19.3 Å². The number of anilines is 2. The standard InChI is InChI=1S/C25H24FN7O2/c1-32(2)19-6-4-5-18(29-19)13-28-25(35)23-24(27)31-21(15-7-10-17(26)11-8-15)22(30-23)16-9-12-20(34)33(3)14-16/h4-12,14H,13H2,1-3H3,(H2,27,31)(H,28,35). The lowest BCUT2D eigenvalue weighted by atomic mass is 10.0. The van der Waals surface area contributed by atoms with Gasteiger partial charge in [-0.3, -0.25) is 9.59 Å². The number of nitrogen functional groups attached to an aromatic ring is 1. The minimum Gasteiger partial charge on any atom is -0.382 e. The van der Waals surface area contributed by atoms with Gasteiger partial charge in [-0.2, -0.15) is 0 Å². The van der Waals surface area contributed by atoms with E-state index >= 15 is 0 Å². The molecule has 9 nitrogen and oxygen atoms in total. The van der Waals surface area contributed by atoms with E-state index in [1.807, 2.05) is 31.1 Å². The summed E-state index contributed by atoms with van der Waals surface area (Å²) in [6.45, 7) is 0.163. The first kappa shape index (κ1) is 23.6. The van der Waals surface area contributed by atoms with Crippen molar-refractivity contribution in [2.24, 2.45) is 7.05 Å². The number of hydrogen-bond acceptors (Lipinski definition) is 7. The van der Waals surface area contributed by atoms with Crippen LogP contribution in [0.25, 0.3) is 22.5 Å². The molecule has 35 heavy (non-hydrogen) atoms. The first-order chi connectivity index (χ1) is 16.7. The normalized spacial score (nSPS) is 10.7. The van der Waals surface area contributed by atoms with Crippen molar-refractivity contribution in [1.29, 1.82) is 0 Å². The fourth-order valence-electron chi connectivity index (χ4n) is 3.43. The molecule has 178 valence electrons. The van der Waals surface area contributed by atoms with E-state index in [4.69, 9.17) is 5.73 Å². The van der Waals surface area contributed by atoms with Crippen molar-refractivity contribution in [3.8, 4) is 22.5 Å². The quantitative estimate of drug-likeness (QED) is 0.442. The number of nitrogens with one attached hydrogen (secondary N) is 1. The van der Waals surface area contributed by atoms with Gasteiger partial charge >= 0.3 is 0 Å². The van der Waals surface area contributed by atoms with E-state index in [0.29, 0.717) is 28.2 Å². The van der Waals surface area contributed by atoms with E-state index in [1.165, 1.54) is 22.8 Å². The minimum atomic E-state index is -0.524. The molecule has 0 atom stereocenters. The predicted octanol–water partition coefficient (Wildman–Crippen LogP) is 2.62. The number of aryl methyl sites for hydroxylation is 1. The molecule has 0 unspecified atom stereocenters. The Balaban J connectivity index is 1.73. The lowest BCUT2D eigenvalue weighted by Crippen LogP contribution is -2.26. The maximum atomic E-state index is 13.5. The summed E-state index contributed by atoms with van der Waals surface area (Å²) in [5.41, 5.74) is 8.33. The van der Waals surface area contributed by atoms with E-state index in [2.05, 4.69) is 20.3 Å². The SMILES string of the molecule is CN(C)c1cccc(CNC(=O)c2nc(-c3ccc(=O)n(C)c3)c(-c3ccc(F)cc3)nc2N)n1. The topological polar surface area (TPSA) is 119 Å². The molecule has 0 radical (unpaired) electrons. The van der Waals surface area contributed by atoms with Crippen molar-refractivity contribution in [1.82, 2.24) is 24.8 Å². The van der Waals surface area contributed by atoms with Crippen LogP contribution in [0.3, 0.4) is 0 Å². The van der Waals surface area contributed by atoms with Gasteiger partial charge in [0.15, 0.2) is 11.5 Å². The van der Waals surface area contributed by atoms with Crippen molar-refractivity contribution < 1.29 is 9.18 Å². The van der Waals surface area contributed by atoms with Crippen LogP contribution < -0.4 is 21.5 Å². The predicted molar refractivity (Wildman–Crippen MR) is 132 cm³/mol. The molecule has 0 aliphatic heterocycles. The third kappa shape index (κ3) is 5.16. The zero-order valence-electron chi connectivity index (χ0n) is 19.5. The van der Waals surface area contributed by atoms with Crippen molar-refractivity contribution in [3.63, 3.8) is 0 Å². The number of hydrogen-bond donors (Lipinski definition) is 2. The Kier molecular flexibility index (Phi) is 6.54. The van der Waals surface area contributed by atoms with Crippen LogP contribution in [0, 0.1) is 5.82 Å². The van der Waals surface area contributed by atoms with Gasteiger partial charge < -0.3 is 20.5 Å². The van der Waals surface area contributed by atoms with Crippen molar-refractivity contribution >= 4 is 17.5 Å². The second-order valence-electron chi connectivity index (χ2n) is 8.09. The summed E-state index contributed by atoms with van der Waals surface area (Å²) >= 11 is 0. The third-order valence-corrected chi connectivity index (χ3v) is 5.30. The van der Waals surface area contributed by atoms with Gasteiger partial charge in [0.25, 0.3) is 5.91 Å². The molecular formula is C25H24FN7O2. The Morgan fingerprint density at radius 1 is 1.00 bits per heavy atom. The number of benzene rings is 1. The van der Waals surface area contributed by atoms with Crippen LogP contribution in [0.5, 0.6) is 0 Å². The van der Waals surface area contributed by atoms with Crippen LogP contribution in [0.1, 0.15) is 16.2 Å². The molecule has 0 aliphatic rings. The van der Waals surface area contributed by atoms with Gasteiger partial charge in [0.2, 0.25) is 5.56 Å². The molecule has 0 fully saturated rings. The maximum Gasteiger partial charge on any atom is 0.274 e. The van der Waals surface area contributed by atoms with E-state index in [1.54, 1.807) is 37.5 Å². The summed E-state index contributed by atoms with van der Waals surface area (Å²) in [5.74, 6) is -0.243. The average Bonchev–Trinajstić information content (AvgIpc) is 2.85. The fourth-order valence-corrected chi connectivity index (χ4v) is 3.43. The van der Waals surface area contributed by atoms with Gasteiger partial charge in [0, 0.05) is 44.5 Å². The molecule has 0 spiro atoms. The van der Waals surface area contributed by atoms with Crippen molar-refractivity contribution in [2.45, 2.75) is 6.54 Å². The fraction of sp³-hybridized carbons (Fsp3) is 0.160. The number of rotatable bonds is 6. The monoisotopic (exact) mass is 473 g/mol. The Labute approximate surface area is 201 Å². The van der Waals surface area contributed by atoms with Crippen LogP contribution in [-0.2, 0) is 13.6 Å². The molecule has 0 saturated carbocycles. The lowest BCUT2D eigenvalue weighted by molar-refractivity contribution is 0.0946. The Morgan fingerprint density at radius 2 is 1.69 bits per heavy atom. The van der Waals surface area contributed by atoms with E-state index in [0.717, 1.165) is 5.82 Å². The molecule has 1 amide bonds. The van der Waals surface area contributed by atoms with Gasteiger partial charge in [-0.1, -0.05) is 6.07 Å². The summed E-state index contributed by atoms with van der Waals surface area (Å²) < 4.78 is 14.9. The number of pyridine rings is 2. The summed E-state index contributed by atoms with van der Waals surface area (Å²) in [7, 11) is 5.37. The highest BCUT2D eigenvalue weighted by molar-refractivity contribution is 5.98. The number of nitrogens with two attached hydrogens (primary N) is 1. The van der Waals surface area contributed by atoms with E-state index < -0.39 is 11.7 Å². The molecule has 3 heterocycles. The summed E-state index contributed by atoms with van der Waals surface area (Å²) in [6.07, 6.45) is 1.59. The van der Waals surface area contributed by atoms with Gasteiger partial charge in [-0.15, -0.1) is 0 Å². The molecular weight excluding hydrogens is 449 g/mol. The first-order valence-electron chi connectivity index (χ1n) is 10.7. The molecule has 3 aromatic heterocycles. The highest BCUT2D eigenvalue weighted by atomic mass is 19.1. The summed E-state index contributed by atoms with van der Waals surface area (Å²) in [6, 6.07) is 14.2. The van der Waals surface area contributed by atoms with Crippen LogP contribution in [0.15, 0.2) is 65.6 Å². The zero-order chi connectivity index (χ0) is 25.1. The van der Waals surface area contributed by atoms with E-state index in [-0.39, 0.29) is 23.6 Å². The van der Waals surface area contributed by atoms with Crippen LogP contribution in [0.4, 0.5) is 16.0 Å². The number of amides is 1. The highest BCUT2D eigenvalue weighted by Gasteiger charge is 2.20. The number of carbonyl (C=O) groups excluding carboxylic acids is 1. The molecule has 10 heteroatoms. The van der Waals surface area contributed by atoms with Crippen molar-refractivity contribution in [3.05, 3.63) is 88.4 Å². The van der Waals surface area contributed by atoms with Gasteiger partial charge in [0.05, 0.1) is 23.6 Å². The third-order valence-electron chi connectivity index (χ3n) is 5.30. The summed E-state index contributed by atoms with van der Waals surface area (Å²) in [4.78, 5) is 40.2. The largest absolute Gasteiger partial charge is 0.382 e. The van der Waals surface area contributed by atoms with Crippen LogP contribution in [-0.4, -0.2) is 39.5 Å². The molecule has 4 aromatic rings. The molecule has 3 N–H and O–H groups in total. The molecule has 4 rings (SSSR count). The molecule has 1 aromatic carbocycles. The molecule has 0 saturated heterocycles. The molecule has 0 aliphatic carbocycles. The highest BCUT2D eigenvalue weighted by Crippen LogP contribution is 2.30. The first-order valence-corrected chi connectivity index (χ1v) is 10.7. The Hall–Kier alpha value is -4.60. The number of carbonyl (C=O) groups is 1. The second kappa shape index (κ2) is 9.72. The Bertz CT molecular complexity index is 1450. The van der Waals surface area contributed by atoms with E-state index in [9.17, 15) is 14.0 Å². The average molecular weight is 474 g/mol. The second-order valence-corrected chi connectivity index (χ2v) is 8.09. The van der Waals surface area contributed by atoms with Crippen LogP contribution in [0.2, 0.25) is 0 Å². The lowest BCUT2D eigenvalue weighted by Gasteiger charge is -2.14. The smallest absolute Gasteiger partial charge is 0.274 e. The molecule has 0 bridgehead atoms. The number of halogens is 1. The van der Waals surface area contributed by atoms with Gasteiger partial charge in [-0.05, 0) is 42.5 Å². The zero-order valence-corrected chi connectivity index (χ0v) is 19.5. The number of nitrogens with zero attached hydrogens (tertiary/aromatic N) is 5. The minimum absolute atomic E-state index is 0.0662. The van der Waals surface area contributed by atoms with Crippen molar-refractivity contribution in [2.75, 3.05) is 24.7 Å². The Morgan fingerprint density at radius 3 is 2.37 bits per heavy atom. The van der Waals surface area contributed by atoms with Gasteiger partial charge in [0.1, 0.15) is 11.6 Å².